The summed E-state index contributed by atoms with van der Waals surface area (Å²) in [7, 11) is 0. The minimum Gasteiger partial charge on any atom is -0.233 e. The third-order valence-electron chi connectivity index (χ3n) is 2.52. The van der Waals surface area contributed by atoms with Gasteiger partial charge >= 0.3 is 0 Å². The minimum absolute atomic E-state index is 0.234. The van der Waals surface area contributed by atoms with Crippen LogP contribution in [0.5, 0.6) is 0 Å². The molecule has 5 heteroatoms. The van der Waals surface area contributed by atoms with Crippen molar-refractivity contribution in [1.29, 1.82) is 0 Å². The molecule has 0 N–H and O–H groups in total. The average Bonchev–Trinajstić information content (AvgIpc) is 2.25. The zero-order valence-electron chi connectivity index (χ0n) is 9.26. The molecule has 0 unspecified atom stereocenters. The Morgan fingerprint density at radius 2 is 1.94 bits per heavy atom. The molecule has 1 heterocycles. The average molecular weight is 316 g/mol. The first-order valence-corrected chi connectivity index (χ1v) is 6.13. The Bertz CT molecular complexity index is 543. The van der Waals surface area contributed by atoms with Crippen molar-refractivity contribution >= 4 is 27.5 Å². The maximum Gasteiger partial charge on any atom is 0.165 e. The summed E-state index contributed by atoms with van der Waals surface area (Å²) in [5.41, 5.74) is 1.96. The molecule has 0 saturated heterocycles. The molecular weight excluding hydrogens is 307 g/mol. The highest BCUT2D eigenvalue weighted by Gasteiger charge is 2.14. The summed E-state index contributed by atoms with van der Waals surface area (Å²) < 4.78 is 14.4. The van der Waals surface area contributed by atoms with Crippen LogP contribution < -0.4 is 0 Å². The number of aromatic nitrogens is 2. The molecule has 88 valence electrons. The Hall–Kier alpha value is -1.00. The fraction of sp³-hybridized carbons (Fsp3) is 0.167. The van der Waals surface area contributed by atoms with E-state index < -0.39 is 5.82 Å². The highest BCUT2D eigenvalue weighted by atomic mass is 79.9. The molecule has 2 nitrogen and oxygen atoms in total. The fourth-order valence-corrected chi connectivity index (χ4v) is 2.12. The molecule has 0 aliphatic rings. The van der Waals surface area contributed by atoms with Crippen LogP contribution in [0.3, 0.4) is 0 Å². The van der Waals surface area contributed by atoms with Crippen molar-refractivity contribution < 1.29 is 4.39 Å². The van der Waals surface area contributed by atoms with Crippen molar-refractivity contribution in [3.8, 4) is 11.4 Å². The van der Waals surface area contributed by atoms with Crippen LogP contribution in [0.4, 0.5) is 4.39 Å². The summed E-state index contributed by atoms with van der Waals surface area (Å²) in [5.74, 6) is -0.129. The second kappa shape index (κ2) is 4.70. The Kier molecular flexibility index (Phi) is 3.45. The summed E-state index contributed by atoms with van der Waals surface area (Å²) in [6, 6.07) is 4.51. The summed E-state index contributed by atoms with van der Waals surface area (Å²) in [4.78, 5) is 8.47. The molecule has 0 bridgehead atoms. The van der Waals surface area contributed by atoms with Crippen molar-refractivity contribution in [2.45, 2.75) is 13.8 Å². The summed E-state index contributed by atoms with van der Waals surface area (Å²) in [6.07, 6.45) is 0. The molecule has 0 spiro atoms. The summed E-state index contributed by atoms with van der Waals surface area (Å²) in [6.45, 7) is 3.74. The van der Waals surface area contributed by atoms with Crippen LogP contribution >= 0.6 is 27.5 Å². The zero-order valence-corrected chi connectivity index (χ0v) is 11.6. The van der Waals surface area contributed by atoms with Gasteiger partial charge in [-0.25, -0.2) is 14.4 Å². The second-order valence-corrected chi connectivity index (χ2v) is 4.80. The largest absolute Gasteiger partial charge is 0.233 e. The maximum atomic E-state index is 13.7. The van der Waals surface area contributed by atoms with E-state index >= 15 is 0 Å². The molecule has 0 radical (unpaired) electrons. The van der Waals surface area contributed by atoms with Crippen LogP contribution in [0.2, 0.25) is 5.02 Å². The number of benzene rings is 1. The van der Waals surface area contributed by atoms with Gasteiger partial charge in [0.1, 0.15) is 10.4 Å². The van der Waals surface area contributed by atoms with E-state index in [-0.39, 0.29) is 5.56 Å². The van der Waals surface area contributed by atoms with Crippen LogP contribution in [0, 0.1) is 19.7 Å². The SMILES string of the molecule is Cc1nc(-c2c(F)cccc2Cl)nc(Br)c1C. The molecule has 0 amide bonds. The molecule has 0 fully saturated rings. The van der Waals surface area contributed by atoms with Gasteiger partial charge in [-0.3, -0.25) is 0 Å². The van der Waals surface area contributed by atoms with Gasteiger partial charge in [-0.15, -0.1) is 0 Å². The summed E-state index contributed by atoms with van der Waals surface area (Å²) in [5, 5.41) is 0.306. The quantitative estimate of drug-likeness (QED) is 0.733. The lowest BCUT2D eigenvalue weighted by Gasteiger charge is -2.08. The van der Waals surface area contributed by atoms with Crippen LogP contribution in [0.25, 0.3) is 11.4 Å². The van der Waals surface area contributed by atoms with Gasteiger partial charge in [-0.2, -0.15) is 0 Å². The van der Waals surface area contributed by atoms with Gasteiger partial charge in [-0.1, -0.05) is 17.7 Å². The minimum atomic E-state index is -0.423. The van der Waals surface area contributed by atoms with Crippen molar-refractivity contribution in [3.63, 3.8) is 0 Å². The fourth-order valence-electron chi connectivity index (χ4n) is 1.42. The van der Waals surface area contributed by atoms with Gasteiger partial charge < -0.3 is 0 Å². The lowest BCUT2D eigenvalue weighted by atomic mass is 10.2. The normalized spacial score (nSPS) is 10.6. The third-order valence-corrected chi connectivity index (χ3v) is 3.60. The van der Waals surface area contributed by atoms with Crippen LogP contribution in [-0.4, -0.2) is 9.97 Å². The van der Waals surface area contributed by atoms with Gasteiger partial charge in [0.2, 0.25) is 0 Å². The van der Waals surface area contributed by atoms with E-state index in [2.05, 4.69) is 25.9 Å². The lowest BCUT2D eigenvalue weighted by Crippen LogP contribution is -1.99. The number of aryl methyl sites for hydroxylation is 1. The van der Waals surface area contributed by atoms with E-state index in [4.69, 9.17) is 11.6 Å². The van der Waals surface area contributed by atoms with Gasteiger partial charge in [0.05, 0.1) is 10.6 Å². The van der Waals surface area contributed by atoms with Crippen molar-refractivity contribution in [2.75, 3.05) is 0 Å². The smallest absolute Gasteiger partial charge is 0.165 e. The number of hydrogen-bond acceptors (Lipinski definition) is 2. The Morgan fingerprint density at radius 1 is 1.24 bits per heavy atom. The maximum absolute atomic E-state index is 13.7. The van der Waals surface area contributed by atoms with Crippen LogP contribution in [0.1, 0.15) is 11.3 Å². The van der Waals surface area contributed by atoms with E-state index in [1.54, 1.807) is 12.1 Å². The van der Waals surface area contributed by atoms with Crippen molar-refractivity contribution in [3.05, 3.63) is 44.9 Å². The lowest BCUT2D eigenvalue weighted by molar-refractivity contribution is 0.630. The Labute approximate surface area is 112 Å². The molecule has 0 atom stereocenters. The molecular formula is C12H9BrClFN2. The van der Waals surface area contributed by atoms with Crippen LogP contribution in [0.15, 0.2) is 22.8 Å². The predicted octanol–water partition coefficient (Wildman–Crippen LogP) is 4.32. The third kappa shape index (κ3) is 2.33. The number of halogens is 3. The zero-order chi connectivity index (χ0) is 12.6. The van der Waals surface area contributed by atoms with Gasteiger partial charge in [0.25, 0.3) is 0 Å². The van der Waals surface area contributed by atoms with Gasteiger partial charge in [0, 0.05) is 11.3 Å². The van der Waals surface area contributed by atoms with Gasteiger partial charge in [-0.05, 0) is 41.9 Å². The van der Waals surface area contributed by atoms with Crippen molar-refractivity contribution in [1.82, 2.24) is 9.97 Å². The van der Waals surface area contributed by atoms with E-state index in [9.17, 15) is 4.39 Å². The van der Waals surface area contributed by atoms with E-state index in [0.29, 0.717) is 15.5 Å². The second-order valence-electron chi connectivity index (χ2n) is 3.65. The number of rotatable bonds is 1. The summed E-state index contributed by atoms with van der Waals surface area (Å²) >= 11 is 9.30. The van der Waals surface area contributed by atoms with E-state index in [0.717, 1.165) is 11.3 Å². The first kappa shape index (κ1) is 12.5. The number of nitrogens with zero attached hydrogens (tertiary/aromatic N) is 2. The molecule has 0 saturated carbocycles. The Balaban J connectivity index is 2.69. The van der Waals surface area contributed by atoms with E-state index in [1.807, 2.05) is 13.8 Å². The molecule has 17 heavy (non-hydrogen) atoms. The first-order valence-electron chi connectivity index (χ1n) is 4.96. The molecule has 2 rings (SSSR count). The molecule has 1 aromatic carbocycles. The van der Waals surface area contributed by atoms with Crippen LogP contribution in [-0.2, 0) is 0 Å². The van der Waals surface area contributed by atoms with Crippen molar-refractivity contribution in [2.24, 2.45) is 0 Å². The van der Waals surface area contributed by atoms with Gasteiger partial charge in [0.15, 0.2) is 5.82 Å². The highest BCUT2D eigenvalue weighted by molar-refractivity contribution is 9.10. The molecule has 2 aromatic rings. The standard InChI is InChI=1S/C12H9BrClFN2/c1-6-7(2)16-12(17-11(6)13)10-8(14)4-3-5-9(10)15/h3-5H,1-2H3. The number of hydrogen-bond donors (Lipinski definition) is 0. The Morgan fingerprint density at radius 3 is 2.53 bits per heavy atom. The van der Waals surface area contributed by atoms with E-state index in [1.165, 1.54) is 6.07 Å². The highest BCUT2D eigenvalue weighted by Crippen LogP contribution is 2.29. The topological polar surface area (TPSA) is 25.8 Å². The first-order chi connectivity index (χ1) is 8.00. The molecule has 0 aliphatic carbocycles. The monoisotopic (exact) mass is 314 g/mol. The molecule has 0 aliphatic heterocycles. The molecule has 1 aromatic heterocycles. The predicted molar refractivity (Wildman–Crippen MR) is 69.6 cm³/mol.